The third kappa shape index (κ3) is 5.16. The van der Waals surface area contributed by atoms with Crippen LogP contribution in [0.5, 0.6) is 5.75 Å². The number of carbonyl (C=O) groups excluding carboxylic acids is 1. The van der Waals surface area contributed by atoms with Crippen molar-refractivity contribution in [3.8, 4) is 5.75 Å². The number of nitrogens with zero attached hydrogens (tertiary/aromatic N) is 3. The monoisotopic (exact) mass is 441 g/mol. The second kappa shape index (κ2) is 9.92. The minimum absolute atomic E-state index is 0.175. The van der Waals surface area contributed by atoms with Crippen LogP contribution in [-0.4, -0.2) is 57.2 Å². The quantitative estimate of drug-likeness (QED) is 0.591. The molecule has 2 aromatic rings. The van der Waals surface area contributed by atoms with Gasteiger partial charge in [0, 0.05) is 45.7 Å². The molecule has 0 N–H and O–H groups in total. The first-order chi connectivity index (χ1) is 15.0. The molecule has 0 atom stereocenters. The first-order valence-electron chi connectivity index (χ1n) is 11.3. The Morgan fingerprint density at radius 3 is 2.61 bits per heavy atom. The van der Waals surface area contributed by atoms with E-state index in [-0.39, 0.29) is 5.91 Å². The van der Waals surface area contributed by atoms with Crippen molar-refractivity contribution >= 4 is 28.9 Å². The van der Waals surface area contributed by atoms with Crippen LogP contribution in [0, 0.1) is 6.92 Å². The molecule has 2 aliphatic heterocycles. The van der Waals surface area contributed by atoms with Crippen LogP contribution in [0.1, 0.15) is 30.4 Å². The highest BCUT2D eigenvalue weighted by molar-refractivity contribution is 6.34. The van der Waals surface area contributed by atoms with E-state index in [1.807, 2.05) is 19.2 Å². The Labute approximate surface area is 190 Å². The van der Waals surface area contributed by atoms with E-state index in [0.717, 1.165) is 79.7 Å². The summed E-state index contributed by atoms with van der Waals surface area (Å²) in [7, 11) is 1.84. The van der Waals surface area contributed by atoms with Crippen molar-refractivity contribution < 1.29 is 9.53 Å². The molecule has 166 valence electrons. The molecule has 6 heteroatoms. The van der Waals surface area contributed by atoms with Gasteiger partial charge in [-0.15, -0.1) is 0 Å². The third-order valence-electron chi connectivity index (χ3n) is 6.42. The zero-order valence-corrected chi connectivity index (χ0v) is 19.3. The first-order valence-corrected chi connectivity index (χ1v) is 11.7. The van der Waals surface area contributed by atoms with Gasteiger partial charge in [0.25, 0.3) is 0 Å². The lowest BCUT2D eigenvalue weighted by Gasteiger charge is -2.36. The van der Waals surface area contributed by atoms with Crippen molar-refractivity contribution in [3.05, 3.63) is 52.5 Å². The maximum atomic E-state index is 11.9. The number of rotatable bonds is 7. The SMILES string of the molecule is Cc1cccc(N2CCN(CCCCOc3ccc4c(c3)N(C)C(=O)CC4)CC2)c1Cl. The molecular weight excluding hydrogens is 410 g/mol. The largest absolute Gasteiger partial charge is 0.494 e. The van der Waals surface area contributed by atoms with Gasteiger partial charge in [0.05, 0.1) is 23.0 Å². The van der Waals surface area contributed by atoms with Crippen LogP contribution < -0.4 is 14.5 Å². The average Bonchev–Trinajstić information content (AvgIpc) is 2.79. The average molecular weight is 442 g/mol. The van der Waals surface area contributed by atoms with E-state index in [1.54, 1.807) is 4.90 Å². The number of carbonyl (C=O) groups is 1. The van der Waals surface area contributed by atoms with Crippen molar-refractivity contribution in [1.82, 2.24) is 4.90 Å². The zero-order valence-electron chi connectivity index (χ0n) is 18.6. The lowest BCUT2D eigenvalue weighted by Crippen LogP contribution is -2.46. The topological polar surface area (TPSA) is 36.0 Å². The number of hydrogen-bond acceptors (Lipinski definition) is 4. The van der Waals surface area contributed by atoms with Gasteiger partial charge in [-0.2, -0.15) is 0 Å². The molecule has 5 nitrogen and oxygen atoms in total. The van der Waals surface area contributed by atoms with Gasteiger partial charge in [-0.05, 0) is 56.0 Å². The fourth-order valence-electron chi connectivity index (χ4n) is 4.42. The molecular formula is C25H32ClN3O2. The number of benzene rings is 2. The van der Waals surface area contributed by atoms with Crippen molar-refractivity contribution in [2.75, 3.05) is 56.2 Å². The molecule has 2 heterocycles. The van der Waals surface area contributed by atoms with Gasteiger partial charge in [-0.25, -0.2) is 0 Å². The standard InChI is InChI=1S/C25H32ClN3O2/c1-19-6-5-7-22(25(19)26)29-15-13-28(14-16-29)12-3-4-17-31-21-10-8-20-9-11-24(30)27(2)23(20)18-21/h5-8,10,18H,3-4,9,11-17H2,1-2H3. The predicted molar refractivity (Wildman–Crippen MR) is 128 cm³/mol. The van der Waals surface area contributed by atoms with Gasteiger partial charge in [0.1, 0.15) is 5.75 Å². The molecule has 0 saturated carbocycles. The number of amides is 1. The Morgan fingerprint density at radius 2 is 1.81 bits per heavy atom. The van der Waals surface area contributed by atoms with Gasteiger partial charge in [0.2, 0.25) is 5.91 Å². The molecule has 2 aromatic carbocycles. The van der Waals surface area contributed by atoms with Crippen LogP contribution in [0.15, 0.2) is 36.4 Å². The molecule has 4 rings (SSSR count). The molecule has 2 aliphatic rings. The Balaban J connectivity index is 1.17. The van der Waals surface area contributed by atoms with Crippen molar-refractivity contribution in [2.45, 2.75) is 32.6 Å². The number of ether oxygens (including phenoxy) is 1. The lowest BCUT2D eigenvalue weighted by molar-refractivity contribution is -0.118. The molecule has 0 radical (unpaired) electrons. The number of unbranched alkanes of at least 4 members (excludes halogenated alkanes) is 1. The number of anilines is 2. The molecule has 31 heavy (non-hydrogen) atoms. The van der Waals surface area contributed by atoms with E-state index >= 15 is 0 Å². The van der Waals surface area contributed by atoms with Crippen LogP contribution in [0.2, 0.25) is 5.02 Å². The highest BCUT2D eigenvalue weighted by Gasteiger charge is 2.21. The molecule has 1 saturated heterocycles. The van der Waals surface area contributed by atoms with Gasteiger partial charge >= 0.3 is 0 Å². The Kier molecular flexibility index (Phi) is 7.03. The number of fused-ring (bicyclic) bond motifs is 1. The van der Waals surface area contributed by atoms with Crippen LogP contribution in [-0.2, 0) is 11.2 Å². The minimum atomic E-state index is 0.175. The summed E-state index contributed by atoms with van der Waals surface area (Å²) in [5, 5.41) is 0.880. The Morgan fingerprint density at radius 1 is 1.00 bits per heavy atom. The van der Waals surface area contributed by atoms with E-state index < -0.39 is 0 Å². The molecule has 0 spiro atoms. The fourth-order valence-corrected chi connectivity index (χ4v) is 4.66. The summed E-state index contributed by atoms with van der Waals surface area (Å²) in [6, 6.07) is 12.4. The first kappa shape index (κ1) is 22.0. The zero-order chi connectivity index (χ0) is 21.8. The maximum Gasteiger partial charge on any atom is 0.227 e. The Bertz CT molecular complexity index is 925. The van der Waals surface area contributed by atoms with E-state index in [0.29, 0.717) is 13.0 Å². The number of aryl methyl sites for hydroxylation is 2. The molecule has 1 amide bonds. The fraction of sp³-hybridized carbons (Fsp3) is 0.480. The summed E-state index contributed by atoms with van der Waals surface area (Å²) in [6.07, 6.45) is 3.56. The predicted octanol–water partition coefficient (Wildman–Crippen LogP) is 4.54. The molecule has 0 unspecified atom stereocenters. The van der Waals surface area contributed by atoms with Gasteiger partial charge in [-0.3, -0.25) is 9.69 Å². The summed E-state index contributed by atoms with van der Waals surface area (Å²) < 4.78 is 5.96. The van der Waals surface area contributed by atoms with E-state index in [4.69, 9.17) is 16.3 Å². The normalized spacial score (nSPS) is 17.1. The summed E-state index contributed by atoms with van der Waals surface area (Å²) in [6.45, 7) is 8.02. The Hall–Kier alpha value is -2.24. The van der Waals surface area contributed by atoms with Crippen LogP contribution in [0.4, 0.5) is 11.4 Å². The summed E-state index contributed by atoms with van der Waals surface area (Å²) >= 11 is 6.50. The molecule has 0 aromatic heterocycles. The summed E-state index contributed by atoms with van der Waals surface area (Å²) in [4.78, 5) is 18.6. The van der Waals surface area contributed by atoms with E-state index in [1.165, 1.54) is 5.56 Å². The number of halogens is 1. The summed E-state index contributed by atoms with van der Waals surface area (Å²) in [5.74, 6) is 1.03. The maximum absolute atomic E-state index is 11.9. The van der Waals surface area contributed by atoms with Crippen LogP contribution in [0.3, 0.4) is 0 Å². The van der Waals surface area contributed by atoms with Crippen LogP contribution >= 0.6 is 11.6 Å². The highest BCUT2D eigenvalue weighted by Crippen LogP contribution is 2.31. The second-order valence-corrected chi connectivity index (χ2v) is 8.91. The lowest BCUT2D eigenvalue weighted by atomic mass is 10.0. The van der Waals surface area contributed by atoms with Gasteiger partial charge in [-0.1, -0.05) is 29.8 Å². The third-order valence-corrected chi connectivity index (χ3v) is 6.91. The minimum Gasteiger partial charge on any atom is -0.494 e. The van der Waals surface area contributed by atoms with Gasteiger partial charge < -0.3 is 14.5 Å². The molecule has 1 fully saturated rings. The summed E-state index contributed by atoms with van der Waals surface area (Å²) in [5.41, 5.74) is 4.51. The van der Waals surface area contributed by atoms with Gasteiger partial charge in [0.15, 0.2) is 0 Å². The van der Waals surface area contributed by atoms with E-state index in [9.17, 15) is 4.79 Å². The molecule has 0 aliphatic carbocycles. The van der Waals surface area contributed by atoms with Crippen molar-refractivity contribution in [3.63, 3.8) is 0 Å². The molecule has 0 bridgehead atoms. The highest BCUT2D eigenvalue weighted by atomic mass is 35.5. The number of piperazine rings is 1. The van der Waals surface area contributed by atoms with E-state index in [2.05, 4.69) is 41.0 Å². The van der Waals surface area contributed by atoms with Crippen LogP contribution in [0.25, 0.3) is 0 Å². The smallest absolute Gasteiger partial charge is 0.227 e. The second-order valence-electron chi connectivity index (χ2n) is 8.54. The number of hydrogen-bond donors (Lipinski definition) is 0. The van der Waals surface area contributed by atoms with Crippen molar-refractivity contribution in [2.24, 2.45) is 0 Å². The van der Waals surface area contributed by atoms with Crippen molar-refractivity contribution in [1.29, 1.82) is 0 Å².